The van der Waals surface area contributed by atoms with E-state index in [0.717, 1.165) is 0 Å². The van der Waals surface area contributed by atoms with Crippen LogP contribution in [0.3, 0.4) is 0 Å². The van der Waals surface area contributed by atoms with Gasteiger partial charge in [0.1, 0.15) is 0 Å². The summed E-state index contributed by atoms with van der Waals surface area (Å²) in [7, 11) is 0. The first-order chi connectivity index (χ1) is 0. The largest absolute Gasteiger partial charge is 4.00 e. The van der Waals surface area contributed by atoms with E-state index >= 15 is 0 Å². The van der Waals surface area contributed by atoms with Crippen LogP contribution in [0.25, 0.3) is 0 Å². The number of rotatable bonds is 0. The summed E-state index contributed by atoms with van der Waals surface area (Å²) < 4.78 is 0. The van der Waals surface area contributed by atoms with E-state index in [4.69, 9.17) is 0 Å². The van der Waals surface area contributed by atoms with E-state index in [1.807, 2.05) is 0 Å². The fourth-order valence-corrected chi connectivity index (χ4v) is 0. The summed E-state index contributed by atoms with van der Waals surface area (Å²) >= 11 is 0. The van der Waals surface area contributed by atoms with Gasteiger partial charge in [0.25, 0.3) is 0 Å². The summed E-state index contributed by atoms with van der Waals surface area (Å²) in [5.74, 6) is 0. The first-order valence-corrected chi connectivity index (χ1v) is 0. The summed E-state index contributed by atoms with van der Waals surface area (Å²) in [6.07, 6.45) is 0. The zero-order valence-corrected chi connectivity index (χ0v) is 27.0. The van der Waals surface area contributed by atoms with Crippen LogP contribution in [0.4, 0.5) is 0 Å². The van der Waals surface area contributed by atoms with E-state index < -0.39 is 0 Å². The molecule has 2 radical (unpaired) electrons. The van der Waals surface area contributed by atoms with E-state index in [0.29, 0.717) is 0 Å². The van der Waals surface area contributed by atoms with Crippen molar-refractivity contribution in [1.29, 1.82) is 0 Å². The topological polar surface area (TPSA) is 314 Å². The molecule has 0 rings (SSSR count). The second kappa shape index (κ2) is 482. The second-order valence-electron chi connectivity index (χ2n) is 0. The molecule has 0 aromatic heterocycles. The van der Waals surface area contributed by atoms with E-state index in [2.05, 4.69) is 0 Å². The van der Waals surface area contributed by atoms with Crippen LogP contribution in [0, 0.1) is 0 Å². The maximum absolute atomic E-state index is 0. The van der Waals surface area contributed by atoms with Gasteiger partial charge in [-0.05, 0) is 0 Å². The number of hydrogen-bond acceptors (Lipinski definition) is 0. The molecule has 0 N–H and O–H groups in total. The van der Waals surface area contributed by atoms with E-state index in [1.165, 1.54) is 0 Å². The third-order valence-electron chi connectivity index (χ3n) is 0. The molecule has 0 aliphatic heterocycles. The molecular weight excluding hydrogens is 811 g/mol. The first kappa shape index (κ1) is 550. The molecule has 11 nitrogen and oxygen atoms in total. The van der Waals surface area contributed by atoms with Crippen molar-refractivity contribution in [3.8, 4) is 0 Å². The minimum absolute atomic E-state index is 0. The fourth-order valence-electron chi connectivity index (χ4n) is 0. The van der Waals surface area contributed by atoms with Crippen LogP contribution in [0.1, 0.15) is 0 Å². The van der Waals surface area contributed by atoms with Crippen LogP contribution in [-0.4, -0.2) is 87.4 Å². The molecule has 0 bridgehead atoms. The van der Waals surface area contributed by atoms with Gasteiger partial charge in [-0.1, -0.05) is 0 Å². The minimum Gasteiger partial charge on any atom is -2.00 e. The molecule has 0 fully saturated rings. The molecule has 0 aromatic carbocycles. The van der Waals surface area contributed by atoms with Gasteiger partial charge in [-0.2, -0.15) is 0 Å². The maximum Gasteiger partial charge on any atom is 4.00 e. The van der Waals surface area contributed by atoms with Gasteiger partial charge in [0, 0.05) is 0 Å². The zero-order chi connectivity index (χ0) is 0. The summed E-state index contributed by atoms with van der Waals surface area (Å²) in [6, 6.07) is 0. The van der Waals surface area contributed by atoms with Gasteiger partial charge < -0.3 is 60.2 Å². The Morgan fingerprint density at radius 3 is 0.263 bits per heavy atom. The summed E-state index contributed by atoms with van der Waals surface area (Å²) in [5, 5.41) is 0. The fraction of sp³-hybridized carbons (Fsp3) is 0. The van der Waals surface area contributed by atoms with Crippen molar-refractivity contribution < 1.29 is 133 Å². The average molecular weight is 811 g/mol. The maximum atomic E-state index is 0. The molecule has 0 spiro atoms. The molecule has 0 amide bonds. The predicted octanol–water partition coefficient (Wildman–Crippen LogP) is -2.84. The van der Waals surface area contributed by atoms with Crippen LogP contribution < -0.4 is 0 Å². The Labute approximate surface area is 217 Å². The van der Waals surface area contributed by atoms with Gasteiger partial charge in [0.15, 0.2) is 0 Å². The van der Waals surface area contributed by atoms with Crippen molar-refractivity contribution in [2.24, 2.45) is 0 Å². The van der Waals surface area contributed by atoms with Crippen molar-refractivity contribution in [2.45, 2.75) is 0 Å². The molecular formula is Cu2Ga2O11Sn2Zn2. The van der Waals surface area contributed by atoms with E-state index in [-0.39, 0.29) is 221 Å². The number of hydrogen-bond donors (Lipinski definition) is 0. The van der Waals surface area contributed by atoms with Crippen molar-refractivity contribution in [3.05, 3.63) is 0 Å². The molecule has 0 aromatic rings. The second-order valence-corrected chi connectivity index (χ2v) is 0. The van der Waals surface area contributed by atoms with Crippen LogP contribution in [0.5, 0.6) is 0 Å². The Morgan fingerprint density at radius 1 is 0.263 bits per heavy atom. The third-order valence-corrected chi connectivity index (χ3v) is 0. The van der Waals surface area contributed by atoms with Gasteiger partial charge in [-0.15, -0.1) is 0 Å². The third kappa shape index (κ3) is 438. The van der Waals surface area contributed by atoms with Crippen molar-refractivity contribution in [1.82, 2.24) is 0 Å². The monoisotopic (exact) mass is 807 g/mol. The quantitative estimate of drug-likeness (QED) is 0.223. The van der Waals surface area contributed by atoms with Crippen LogP contribution >= 0.6 is 0 Å². The Balaban J connectivity index is 0. The van der Waals surface area contributed by atoms with Crippen LogP contribution in [-0.2, 0) is 133 Å². The summed E-state index contributed by atoms with van der Waals surface area (Å²) in [5.41, 5.74) is 0. The molecule has 0 unspecified atom stereocenters. The first-order valence-electron chi connectivity index (χ1n) is 0. The Kier molecular flexibility index (Phi) is 14000. The van der Waals surface area contributed by atoms with Gasteiger partial charge in [-0.3, -0.25) is 0 Å². The Morgan fingerprint density at radius 2 is 0.263 bits per heavy atom. The molecule has 19 heavy (non-hydrogen) atoms. The predicted molar refractivity (Wildman–Crippen MR) is 30.6 cm³/mol. The van der Waals surface area contributed by atoms with Gasteiger partial charge in [0.2, 0.25) is 0 Å². The molecule has 0 saturated carbocycles. The minimum atomic E-state index is 0. The SMILES string of the molecule is [Cu+2].[Cu+2].[Ga+3].[Ga+3].[O-2].[O-2].[O-2].[O-2].[O-2].[O-2].[O-2].[O-2].[O-2].[O-2].[O-2].[Sn+4].[Sn+4].[Zn+2].[Zn+2]. The molecule has 19 heteroatoms. The van der Waals surface area contributed by atoms with Gasteiger partial charge in [-0.25, -0.2) is 0 Å². The summed E-state index contributed by atoms with van der Waals surface area (Å²) in [4.78, 5) is 0. The van der Waals surface area contributed by atoms with Gasteiger partial charge >= 0.3 is 160 Å². The van der Waals surface area contributed by atoms with Crippen LogP contribution in [0.15, 0.2) is 0 Å². The Bertz CT molecular complexity index is 34.7. The van der Waals surface area contributed by atoms with E-state index in [9.17, 15) is 0 Å². The molecule has 0 saturated heterocycles. The average Bonchev–Trinajstić information content (AvgIpc) is 0. The van der Waals surface area contributed by atoms with E-state index in [1.54, 1.807) is 0 Å². The molecule has 0 aliphatic carbocycles. The Hall–Kier alpha value is 4.72. The van der Waals surface area contributed by atoms with Crippen molar-refractivity contribution in [3.63, 3.8) is 0 Å². The van der Waals surface area contributed by atoms with Crippen LogP contribution in [0.2, 0.25) is 0 Å². The van der Waals surface area contributed by atoms with Crippen molar-refractivity contribution in [2.75, 3.05) is 0 Å². The zero-order valence-electron chi connectivity index (χ0n) is 8.66. The molecule has 0 aliphatic rings. The normalized spacial score (nSPS) is 0. The molecule has 106 valence electrons. The summed E-state index contributed by atoms with van der Waals surface area (Å²) in [6.45, 7) is 0. The standard InChI is InChI=1S/2Cu.2Ga.11O.2Sn.2Zn/q2*+2;2*+3;11*-2;2*+4;2*+2. The van der Waals surface area contributed by atoms with Gasteiger partial charge in [0.05, 0.1) is 0 Å². The molecule has 0 heterocycles. The molecule has 0 atom stereocenters. The van der Waals surface area contributed by atoms with Crippen molar-refractivity contribution >= 4 is 87.4 Å². The smallest absolute Gasteiger partial charge is 2.00 e.